The van der Waals surface area contributed by atoms with E-state index < -0.39 is 6.10 Å². The van der Waals surface area contributed by atoms with Crippen LogP contribution in [0.15, 0.2) is 30.9 Å². The highest BCUT2D eigenvalue weighted by molar-refractivity contribution is 5.80. The van der Waals surface area contributed by atoms with Gasteiger partial charge in [-0.1, -0.05) is 12.1 Å². The molecule has 0 aromatic heterocycles. The van der Waals surface area contributed by atoms with Crippen molar-refractivity contribution in [2.45, 2.75) is 18.9 Å². The summed E-state index contributed by atoms with van der Waals surface area (Å²) in [6.45, 7) is 3.69. The zero-order valence-corrected chi connectivity index (χ0v) is 9.39. The van der Waals surface area contributed by atoms with Crippen LogP contribution in [-0.4, -0.2) is 17.7 Å². The first kappa shape index (κ1) is 11.7. The average molecular weight is 234 g/mol. The summed E-state index contributed by atoms with van der Waals surface area (Å²) < 4.78 is 10.4. The van der Waals surface area contributed by atoms with E-state index in [9.17, 15) is 9.90 Å². The molecule has 0 saturated carbocycles. The highest BCUT2D eigenvalue weighted by atomic mass is 16.7. The molecule has 2 rings (SSSR count). The minimum absolute atomic E-state index is 0.0369. The van der Waals surface area contributed by atoms with Gasteiger partial charge in [-0.2, -0.15) is 0 Å². The van der Waals surface area contributed by atoms with E-state index in [2.05, 4.69) is 6.58 Å². The Kier molecular flexibility index (Phi) is 3.44. The van der Waals surface area contributed by atoms with Crippen LogP contribution < -0.4 is 9.47 Å². The highest BCUT2D eigenvalue weighted by Crippen LogP contribution is 2.34. The summed E-state index contributed by atoms with van der Waals surface area (Å²) in [7, 11) is 0. The zero-order valence-electron chi connectivity index (χ0n) is 9.39. The van der Waals surface area contributed by atoms with Gasteiger partial charge < -0.3 is 14.6 Å². The number of rotatable bonds is 5. The minimum Gasteiger partial charge on any atom is -0.454 e. The molecule has 0 saturated heterocycles. The predicted molar refractivity (Wildman–Crippen MR) is 62.0 cm³/mol. The van der Waals surface area contributed by atoms with Crippen molar-refractivity contribution in [2.24, 2.45) is 0 Å². The molecule has 1 heterocycles. The number of aliphatic hydroxyl groups excluding tert-OH is 1. The highest BCUT2D eigenvalue weighted by Gasteiger charge is 2.18. The van der Waals surface area contributed by atoms with Crippen molar-refractivity contribution in [3.05, 3.63) is 36.4 Å². The molecule has 90 valence electrons. The van der Waals surface area contributed by atoms with E-state index >= 15 is 0 Å². The molecule has 0 spiro atoms. The molecular formula is C13H14O4. The van der Waals surface area contributed by atoms with Gasteiger partial charge in [0.15, 0.2) is 11.5 Å². The van der Waals surface area contributed by atoms with E-state index in [0.717, 1.165) is 0 Å². The molecule has 1 aliphatic rings. The number of hydrogen-bond donors (Lipinski definition) is 1. The second-order valence-corrected chi connectivity index (χ2v) is 3.86. The number of aliphatic hydroxyl groups is 1. The van der Waals surface area contributed by atoms with E-state index in [0.29, 0.717) is 17.1 Å². The summed E-state index contributed by atoms with van der Waals surface area (Å²) in [5.41, 5.74) is 0.659. The average Bonchev–Trinajstić information content (AvgIpc) is 2.75. The van der Waals surface area contributed by atoms with Gasteiger partial charge in [0.2, 0.25) is 6.79 Å². The molecule has 1 aliphatic heterocycles. The van der Waals surface area contributed by atoms with Crippen molar-refractivity contribution < 1.29 is 19.4 Å². The fourth-order valence-corrected chi connectivity index (χ4v) is 1.70. The number of ether oxygens (including phenoxy) is 2. The predicted octanol–water partition coefficient (Wildman–Crippen LogP) is 1.98. The summed E-state index contributed by atoms with van der Waals surface area (Å²) in [6, 6.07) is 5.17. The quantitative estimate of drug-likeness (QED) is 0.791. The third-order valence-electron chi connectivity index (χ3n) is 2.57. The fraction of sp³-hybridized carbons (Fsp3) is 0.308. The van der Waals surface area contributed by atoms with Crippen LogP contribution >= 0.6 is 0 Å². The van der Waals surface area contributed by atoms with Crippen molar-refractivity contribution in [3.8, 4) is 11.5 Å². The third-order valence-corrected chi connectivity index (χ3v) is 2.57. The number of carbonyl (C=O) groups is 1. The van der Waals surface area contributed by atoms with Crippen molar-refractivity contribution in [1.82, 2.24) is 0 Å². The van der Waals surface area contributed by atoms with Crippen LogP contribution in [0.5, 0.6) is 11.5 Å². The van der Waals surface area contributed by atoms with Crippen LogP contribution in [0, 0.1) is 0 Å². The molecule has 4 heteroatoms. The Morgan fingerprint density at radius 3 is 3.00 bits per heavy atom. The largest absolute Gasteiger partial charge is 0.454 e. The number of carbonyl (C=O) groups excluding carboxylic acids is 1. The fourth-order valence-electron chi connectivity index (χ4n) is 1.70. The lowest BCUT2D eigenvalue weighted by Crippen LogP contribution is -2.05. The first-order valence-electron chi connectivity index (χ1n) is 5.41. The molecular weight excluding hydrogens is 220 g/mol. The summed E-state index contributed by atoms with van der Waals surface area (Å²) in [5, 5.41) is 9.90. The van der Waals surface area contributed by atoms with Crippen molar-refractivity contribution in [3.63, 3.8) is 0 Å². The second-order valence-electron chi connectivity index (χ2n) is 3.86. The van der Waals surface area contributed by atoms with Gasteiger partial charge in [0.1, 0.15) is 5.78 Å². The minimum atomic E-state index is -0.808. The number of hydrogen-bond acceptors (Lipinski definition) is 4. The van der Waals surface area contributed by atoms with E-state index in [1.54, 1.807) is 18.2 Å². The van der Waals surface area contributed by atoms with Crippen LogP contribution in [0.1, 0.15) is 24.5 Å². The molecule has 0 fully saturated rings. The Morgan fingerprint density at radius 1 is 1.47 bits per heavy atom. The normalized spacial score (nSPS) is 14.4. The van der Waals surface area contributed by atoms with E-state index in [1.807, 2.05) is 0 Å². The molecule has 17 heavy (non-hydrogen) atoms. The molecule has 1 unspecified atom stereocenters. The van der Waals surface area contributed by atoms with Crippen LogP contribution in [0.4, 0.5) is 0 Å². The molecule has 4 nitrogen and oxygen atoms in total. The molecule has 1 aromatic carbocycles. The van der Waals surface area contributed by atoms with Crippen LogP contribution in [0.2, 0.25) is 0 Å². The summed E-state index contributed by atoms with van der Waals surface area (Å²) >= 11 is 0. The van der Waals surface area contributed by atoms with Gasteiger partial charge in [-0.25, -0.2) is 0 Å². The summed E-state index contributed by atoms with van der Waals surface area (Å²) in [4.78, 5) is 11.4. The first-order chi connectivity index (χ1) is 8.20. The van der Waals surface area contributed by atoms with Crippen molar-refractivity contribution in [2.75, 3.05) is 6.79 Å². The Labute approximate surface area is 99.5 Å². The molecule has 1 aromatic rings. The van der Waals surface area contributed by atoms with Gasteiger partial charge in [-0.15, -0.1) is 6.58 Å². The number of ketones is 1. The molecule has 1 atom stereocenters. The summed E-state index contributed by atoms with van der Waals surface area (Å²) in [6.07, 6.45) is 1.10. The van der Waals surface area contributed by atoms with Gasteiger partial charge in [-0.05, 0) is 17.7 Å². The number of Topliss-reactive ketones (excluding diaryl/α,β-unsaturated/α-hetero) is 1. The molecule has 0 amide bonds. The Hall–Kier alpha value is -1.81. The lowest BCUT2D eigenvalue weighted by molar-refractivity contribution is -0.120. The number of fused-ring (bicyclic) bond motifs is 1. The number of allylic oxidation sites excluding steroid dienone is 1. The second kappa shape index (κ2) is 5.01. The smallest absolute Gasteiger partial charge is 0.231 e. The first-order valence-corrected chi connectivity index (χ1v) is 5.41. The van der Waals surface area contributed by atoms with Gasteiger partial charge in [0.25, 0.3) is 0 Å². The molecule has 0 bridgehead atoms. The third kappa shape index (κ3) is 2.65. The zero-order chi connectivity index (χ0) is 12.3. The van der Waals surface area contributed by atoms with E-state index in [4.69, 9.17) is 9.47 Å². The monoisotopic (exact) mass is 234 g/mol. The van der Waals surface area contributed by atoms with Gasteiger partial charge in [0.05, 0.1) is 6.10 Å². The molecule has 1 N–H and O–H groups in total. The Balaban J connectivity index is 2.06. The van der Waals surface area contributed by atoms with Crippen molar-refractivity contribution in [1.29, 1.82) is 0 Å². The number of benzene rings is 1. The maximum atomic E-state index is 11.4. The van der Waals surface area contributed by atoms with Crippen LogP contribution in [-0.2, 0) is 4.79 Å². The van der Waals surface area contributed by atoms with Crippen molar-refractivity contribution >= 4 is 5.78 Å². The molecule has 0 aliphatic carbocycles. The van der Waals surface area contributed by atoms with Gasteiger partial charge in [-0.3, -0.25) is 4.79 Å². The van der Waals surface area contributed by atoms with Crippen LogP contribution in [0.25, 0.3) is 0 Å². The van der Waals surface area contributed by atoms with E-state index in [1.165, 1.54) is 6.08 Å². The lowest BCUT2D eigenvalue weighted by Gasteiger charge is -2.10. The maximum Gasteiger partial charge on any atom is 0.231 e. The van der Waals surface area contributed by atoms with E-state index in [-0.39, 0.29) is 25.4 Å². The van der Waals surface area contributed by atoms with Gasteiger partial charge >= 0.3 is 0 Å². The van der Waals surface area contributed by atoms with Crippen LogP contribution in [0.3, 0.4) is 0 Å². The lowest BCUT2D eigenvalue weighted by atomic mass is 10.0. The molecule has 0 radical (unpaired) electrons. The maximum absolute atomic E-state index is 11.4. The Bertz CT molecular complexity index is 439. The topological polar surface area (TPSA) is 55.8 Å². The summed E-state index contributed by atoms with van der Waals surface area (Å²) in [5.74, 6) is 1.24. The SMILES string of the molecule is C=CCC(=O)CC(O)c1ccc2c(c1)OCO2. The Morgan fingerprint density at radius 2 is 2.24 bits per heavy atom. The standard InChI is InChI=1S/C13H14O4/c1-2-3-10(14)7-11(15)9-4-5-12-13(6-9)17-8-16-12/h2,4-6,11,15H,1,3,7-8H2. The van der Waals surface area contributed by atoms with Gasteiger partial charge in [0, 0.05) is 12.8 Å².